The number of carboxylic acid groups (broad SMARTS) is 1. The topological polar surface area (TPSA) is 124 Å². The molecule has 5 heterocycles. The summed E-state index contributed by atoms with van der Waals surface area (Å²) in [5.41, 5.74) is 3.07. The fourth-order valence-electron chi connectivity index (χ4n) is 7.76. The fraction of sp³-hybridized carbons (Fsp3) is 0.545. The summed E-state index contributed by atoms with van der Waals surface area (Å²) in [7, 11) is 3.74. The summed E-state index contributed by atoms with van der Waals surface area (Å²) in [6, 6.07) is 12.6. The first-order valence-electron chi connectivity index (χ1n) is 15.9. The van der Waals surface area contributed by atoms with Gasteiger partial charge in [0.05, 0.1) is 24.3 Å². The van der Waals surface area contributed by atoms with Gasteiger partial charge in [-0.25, -0.2) is 4.79 Å². The van der Waals surface area contributed by atoms with Crippen LogP contribution >= 0.6 is 0 Å². The van der Waals surface area contributed by atoms with Gasteiger partial charge in [0.25, 0.3) is 0 Å². The molecule has 12 heteroatoms. The summed E-state index contributed by atoms with van der Waals surface area (Å²) in [6.07, 6.45) is 2.69. The van der Waals surface area contributed by atoms with Crippen molar-refractivity contribution in [3.8, 4) is 11.8 Å². The third-order valence-corrected chi connectivity index (χ3v) is 10.1. The summed E-state index contributed by atoms with van der Waals surface area (Å²) in [4.78, 5) is 30.6. The number of hydrogen-bond donors (Lipinski definition) is 2. The van der Waals surface area contributed by atoms with Crippen LogP contribution in [0.15, 0.2) is 36.4 Å². The Morgan fingerprint density at radius 2 is 1.96 bits per heavy atom. The minimum atomic E-state index is -0.922. The average molecular weight is 619 g/mol. The number of methoxy groups -OCH3 is 1. The van der Waals surface area contributed by atoms with Gasteiger partial charge in [-0.05, 0) is 50.7 Å². The van der Waals surface area contributed by atoms with E-state index in [1.165, 1.54) is 0 Å². The van der Waals surface area contributed by atoms with Crippen molar-refractivity contribution in [3.63, 3.8) is 0 Å². The molecule has 0 radical (unpaired) electrons. The van der Waals surface area contributed by atoms with Crippen molar-refractivity contribution in [1.82, 2.24) is 19.8 Å². The zero-order valence-corrected chi connectivity index (χ0v) is 26.0. The maximum atomic E-state index is 12.1. The number of aromatic nitrogens is 2. The molecule has 12 nitrogen and oxygen atoms in total. The Morgan fingerprint density at radius 1 is 1.09 bits per heavy atom. The van der Waals surface area contributed by atoms with E-state index in [4.69, 9.17) is 24.2 Å². The minimum absolute atomic E-state index is 0.0278. The van der Waals surface area contributed by atoms with E-state index in [1.807, 2.05) is 12.1 Å². The highest BCUT2D eigenvalue weighted by atomic mass is 16.7. The second-order valence-corrected chi connectivity index (χ2v) is 12.7. The molecule has 45 heavy (non-hydrogen) atoms. The van der Waals surface area contributed by atoms with Gasteiger partial charge in [-0.3, -0.25) is 4.90 Å². The quantitative estimate of drug-likeness (QED) is 0.344. The van der Waals surface area contributed by atoms with E-state index in [1.54, 1.807) is 12.0 Å². The molecule has 2 N–H and O–H groups in total. The van der Waals surface area contributed by atoms with Crippen LogP contribution in [-0.2, 0) is 17.7 Å². The predicted octanol–water partition coefficient (Wildman–Crippen LogP) is 3.20. The maximum absolute atomic E-state index is 12.1. The monoisotopic (exact) mass is 618 g/mol. The minimum Gasteiger partial charge on any atom is -0.467 e. The van der Waals surface area contributed by atoms with Crippen molar-refractivity contribution >= 4 is 28.4 Å². The second-order valence-electron chi connectivity index (χ2n) is 12.7. The number of ether oxygens (including phenoxy) is 3. The molecule has 0 spiro atoms. The lowest BCUT2D eigenvalue weighted by molar-refractivity contribution is 0.0512. The van der Waals surface area contributed by atoms with Crippen LogP contribution in [0.4, 0.5) is 16.3 Å². The molecule has 4 aliphatic rings. The summed E-state index contributed by atoms with van der Waals surface area (Å²) >= 11 is 0. The first kappa shape index (κ1) is 29.8. The first-order valence-corrected chi connectivity index (χ1v) is 15.9. The number of nitrogens with zero attached hydrogens (tertiary/aromatic N) is 6. The van der Waals surface area contributed by atoms with E-state index < -0.39 is 6.09 Å². The highest BCUT2D eigenvalue weighted by molar-refractivity contribution is 5.95. The van der Waals surface area contributed by atoms with Crippen LogP contribution in [0.3, 0.4) is 0 Å². The Kier molecular flexibility index (Phi) is 8.28. The van der Waals surface area contributed by atoms with Gasteiger partial charge in [0.1, 0.15) is 18.2 Å². The normalized spacial score (nSPS) is 24.7. The third kappa shape index (κ3) is 5.70. The highest BCUT2D eigenvalue weighted by Gasteiger charge is 2.49. The largest absolute Gasteiger partial charge is 0.467 e. The van der Waals surface area contributed by atoms with Gasteiger partial charge >= 0.3 is 12.1 Å². The van der Waals surface area contributed by atoms with Gasteiger partial charge in [-0.15, -0.1) is 0 Å². The van der Waals surface area contributed by atoms with Gasteiger partial charge < -0.3 is 39.1 Å². The molecule has 4 aliphatic heterocycles. The van der Waals surface area contributed by atoms with Crippen LogP contribution in [-0.4, -0.2) is 115 Å². The molecule has 7 rings (SSSR count). The molecule has 3 fully saturated rings. The van der Waals surface area contributed by atoms with Gasteiger partial charge in [0.2, 0.25) is 0 Å². The highest BCUT2D eigenvalue weighted by Crippen LogP contribution is 2.40. The van der Waals surface area contributed by atoms with Gasteiger partial charge in [0.15, 0.2) is 6.79 Å². The second kappa shape index (κ2) is 12.5. The lowest BCUT2D eigenvalue weighted by Gasteiger charge is -2.42. The van der Waals surface area contributed by atoms with E-state index in [-0.39, 0.29) is 31.4 Å². The predicted molar refractivity (Wildman–Crippen MR) is 169 cm³/mol. The molecule has 240 valence electrons. The number of likely N-dealkylation sites (N-methyl/N-ethyl adjacent to an activating group) is 1. The van der Waals surface area contributed by atoms with E-state index in [0.717, 1.165) is 71.6 Å². The van der Waals surface area contributed by atoms with E-state index >= 15 is 0 Å². The molecule has 2 bridgehead atoms. The first-order chi connectivity index (χ1) is 21.9. The maximum Gasteiger partial charge on any atom is 0.407 e. The van der Waals surface area contributed by atoms with Crippen LogP contribution < -0.4 is 19.3 Å². The van der Waals surface area contributed by atoms with Gasteiger partial charge in [0, 0.05) is 68.0 Å². The number of hydrogen-bond acceptors (Lipinski definition) is 10. The molecule has 0 aliphatic carbocycles. The van der Waals surface area contributed by atoms with Crippen LogP contribution in [0.2, 0.25) is 0 Å². The van der Waals surface area contributed by atoms with E-state index in [2.05, 4.69) is 46.0 Å². The van der Waals surface area contributed by atoms with E-state index in [0.29, 0.717) is 44.7 Å². The Morgan fingerprint density at radius 3 is 2.73 bits per heavy atom. The number of rotatable bonds is 9. The van der Waals surface area contributed by atoms with Crippen LogP contribution in [0.1, 0.15) is 30.5 Å². The molecule has 3 aromatic rings. The molecular weight excluding hydrogens is 576 g/mol. The number of piperazine rings is 1. The summed E-state index contributed by atoms with van der Waals surface area (Å²) in [5.74, 6) is 1.49. The van der Waals surface area contributed by atoms with Gasteiger partial charge in [-0.2, -0.15) is 9.97 Å². The van der Waals surface area contributed by atoms with Crippen molar-refractivity contribution in [2.45, 2.75) is 50.4 Å². The van der Waals surface area contributed by atoms with Crippen LogP contribution in [0, 0.1) is 5.92 Å². The van der Waals surface area contributed by atoms with Crippen molar-refractivity contribution in [2.75, 3.05) is 70.1 Å². The van der Waals surface area contributed by atoms with Crippen molar-refractivity contribution < 1.29 is 29.2 Å². The fourth-order valence-corrected chi connectivity index (χ4v) is 7.76. The summed E-state index contributed by atoms with van der Waals surface area (Å²) in [6.45, 7) is 4.06. The Labute approximate surface area is 263 Å². The number of aliphatic hydroxyl groups is 1. The Balaban J connectivity index is 1.23. The standard InChI is InChI=1S/C33H42N6O6/c1-36-10-5-7-23(36)19-44-32-34-28-16-37(29-14-25(45-20-43-2)13-21-6-3-4-8-26(21)29)11-9-27(28)31(35-32)38-15-24-12-22(18-40)30(17-38)39(24)33(41)42/h3-4,6,8,13-14,22-24,30,40H,5,7,9-12,15-20H2,1-2H3,(H,41,42)/t22-,23?,24+,30+/m1/s1. The Hall–Kier alpha value is -3.87. The molecule has 4 atom stereocenters. The average Bonchev–Trinajstić information content (AvgIpc) is 3.57. The molecule has 0 saturated carbocycles. The van der Waals surface area contributed by atoms with E-state index in [9.17, 15) is 15.0 Å². The number of amides is 1. The number of aliphatic hydroxyl groups excluding tert-OH is 1. The lowest BCUT2D eigenvalue weighted by Crippen LogP contribution is -2.57. The number of fused-ring (bicyclic) bond motifs is 4. The van der Waals surface area contributed by atoms with Crippen molar-refractivity contribution in [3.05, 3.63) is 47.7 Å². The SMILES string of the molecule is COCOc1cc(N2CCc3c(nc(OCC4CCCN4C)nc3N3C[C@@H]4C[C@H](CO)[C@H](C3)N4C(=O)O)C2)c2ccccc2c1. The zero-order chi connectivity index (χ0) is 31.1. The number of carbonyl (C=O) groups is 1. The van der Waals surface area contributed by atoms with Crippen LogP contribution in [0.5, 0.6) is 11.8 Å². The van der Waals surface area contributed by atoms with Crippen LogP contribution in [0.25, 0.3) is 10.8 Å². The smallest absolute Gasteiger partial charge is 0.407 e. The molecule has 1 unspecified atom stereocenters. The molecular formula is C33H42N6O6. The van der Waals surface area contributed by atoms with Gasteiger partial charge in [-0.1, -0.05) is 24.3 Å². The molecule has 1 amide bonds. The number of likely N-dealkylation sites (tertiary alicyclic amines) is 1. The van der Waals surface area contributed by atoms with Crippen molar-refractivity contribution in [2.24, 2.45) is 5.92 Å². The third-order valence-electron chi connectivity index (χ3n) is 10.1. The molecule has 2 aromatic carbocycles. The molecule has 1 aromatic heterocycles. The summed E-state index contributed by atoms with van der Waals surface area (Å²) < 4.78 is 17.4. The van der Waals surface area contributed by atoms with Crippen molar-refractivity contribution in [1.29, 1.82) is 0 Å². The Bertz CT molecular complexity index is 1560. The lowest BCUT2D eigenvalue weighted by atomic mass is 10.0. The summed E-state index contributed by atoms with van der Waals surface area (Å²) in [5, 5.41) is 22.3. The molecule has 3 saturated heterocycles. The zero-order valence-electron chi connectivity index (χ0n) is 26.0. The number of benzene rings is 2. The number of anilines is 2.